The molecular formula is C15H28O5. The highest BCUT2D eigenvalue weighted by atomic mass is 16.7. The Labute approximate surface area is 121 Å². The second-order valence-electron chi connectivity index (χ2n) is 5.21. The lowest BCUT2D eigenvalue weighted by molar-refractivity contribution is -0.286. The largest absolute Gasteiger partial charge is 0.394 e. The summed E-state index contributed by atoms with van der Waals surface area (Å²) in [6.07, 6.45) is 4.49. The molecule has 0 aromatic carbocycles. The van der Waals surface area contributed by atoms with Crippen molar-refractivity contribution >= 4 is 0 Å². The third-order valence-electron chi connectivity index (χ3n) is 3.76. The molecule has 0 bridgehead atoms. The van der Waals surface area contributed by atoms with Gasteiger partial charge in [-0.2, -0.15) is 0 Å². The molecule has 0 amide bonds. The van der Waals surface area contributed by atoms with E-state index >= 15 is 0 Å². The summed E-state index contributed by atoms with van der Waals surface area (Å²) < 4.78 is 11.2. The number of hydrogen-bond acceptors (Lipinski definition) is 5. The highest BCUT2D eigenvalue weighted by Crippen LogP contribution is 2.29. The van der Waals surface area contributed by atoms with E-state index < -0.39 is 24.6 Å². The third-order valence-corrected chi connectivity index (χ3v) is 3.76. The van der Waals surface area contributed by atoms with Crippen molar-refractivity contribution in [3.63, 3.8) is 0 Å². The highest BCUT2D eigenvalue weighted by molar-refractivity contribution is 4.88. The van der Waals surface area contributed by atoms with Gasteiger partial charge in [0, 0.05) is 12.5 Å². The maximum atomic E-state index is 10.1. The van der Waals surface area contributed by atoms with Crippen LogP contribution in [-0.2, 0) is 9.47 Å². The predicted octanol–water partition coefficient (Wildman–Crippen LogP) is 1.21. The summed E-state index contributed by atoms with van der Waals surface area (Å²) in [5.41, 5.74) is 0. The SMILES string of the molecule is C/C=C\CCCCOC1OC(CO)C(O)C(O)C1CC. The number of ether oxygens (including phenoxy) is 2. The van der Waals surface area contributed by atoms with E-state index in [0.29, 0.717) is 13.0 Å². The minimum atomic E-state index is -1.06. The molecule has 0 aromatic rings. The molecule has 0 aromatic heterocycles. The van der Waals surface area contributed by atoms with Gasteiger partial charge in [0.2, 0.25) is 0 Å². The van der Waals surface area contributed by atoms with Crippen molar-refractivity contribution in [2.45, 2.75) is 64.1 Å². The zero-order valence-corrected chi connectivity index (χ0v) is 12.4. The minimum absolute atomic E-state index is 0.261. The van der Waals surface area contributed by atoms with Gasteiger partial charge < -0.3 is 24.8 Å². The monoisotopic (exact) mass is 288 g/mol. The minimum Gasteiger partial charge on any atom is -0.394 e. The van der Waals surface area contributed by atoms with Crippen LogP contribution in [0.15, 0.2) is 12.2 Å². The number of aliphatic hydroxyl groups is 3. The summed E-state index contributed by atoms with van der Waals surface area (Å²) in [5, 5.41) is 29.0. The molecule has 1 aliphatic heterocycles. The van der Waals surface area contributed by atoms with Gasteiger partial charge in [-0.05, 0) is 32.6 Å². The first-order valence-electron chi connectivity index (χ1n) is 7.50. The number of allylic oxidation sites excluding steroid dienone is 2. The Hall–Kier alpha value is -0.460. The zero-order valence-electron chi connectivity index (χ0n) is 12.4. The second-order valence-corrected chi connectivity index (χ2v) is 5.21. The summed E-state index contributed by atoms with van der Waals surface area (Å²) in [4.78, 5) is 0. The molecule has 0 radical (unpaired) electrons. The summed E-state index contributed by atoms with van der Waals surface area (Å²) in [6, 6.07) is 0. The van der Waals surface area contributed by atoms with Crippen molar-refractivity contribution in [2.75, 3.05) is 13.2 Å². The van der Waals surface area contributed by atoms with E-state index in [2.05, 4.69) is 6.08 Å². The normalized spacial score (nSPS) is 34.8. The quantitative estimate of drug-likeness (QED) is 0.462. The maximum Gasteiger partial charge on any atom is 0.163 e. The lowest BCUT2D eigenvalue weighted by atomic mass is 9.89. The molecule has 5 unspecified atom stereocenters. The van der Waals surface area contributed by atoms with Gasteiger partial charge in [0.15, 0.2) is 6.29 Å². The van der Waals surface area contributed by atoms with E-state index in [4.69, 9.17) is 14.6 Å². The van der Waals surface area contributed by atoms with Crippen molar-refractivity contribution in [1.82, 2.24) is 0 Å². The molecule has 0 spiro atoms. The van der Waals surface area contributed by atoms with Crippen molar-refractivity contribution in [3.8, 4) is 0 Å². The molecule has 20 heavy (non-hydrogen) atoms. The van der Waals surface area contributed by atoms with Crippen LogP contribution in [0.5, 0.6) is 0 Å². The van der Waals surface area contributed by atoms with Crippen LogP contribution in [0, 0.1) is 5.92 Å². The molecule has 5 heteroatoms. The summed E-state index contributed by atoms with van der Waals surface area (Å²) >= 11 is 0. The number of hydrogen-bond donors (Lipinski definition) is 3. The van der Waals surface area contributed by atoms with Crippen LogP contribution in [0.3, 0.4) is 0 Å². The summed E-state index contributed by atoms with van der Waals surface area (Å²) in [6.45, 7) is 4.15. The van der Waals surface area contributed by atoms with E-state index in [1.165, 1.54) is 0 Å². The van der Waals surface area contributed by atoms with E-state index in [-0.39, 0.29) is 12.5 Å². The van der Waals surface area contributed by atoms with Crippen molar-refractivity contribution in [3.05, 3.63) is 12.2 Å². The van der Waals surface area contributed by atoms with Gasteiger partial charge in [0.1, 0.15) is 12.2 Å². The molecular weight excluding hydrogens is 260 g/mol. The molecule has 1 saturated heterocycles. The smallest absolute Gasteiger partial charge is 0.163 e. The number of aliphatic hydroxyl groups excluding tert-OH is 3. The van der Waals surface area contributed by atoms with Crippen molar-refractivity contribution in [1.29, 1.82) is 0 Å². The van der Waals surface area contributed by atoms with E-state index in [1.807, 2.05) is 19.9 Å². The molecule has 1 heterocycles. The van der Waals surface area contributed by atoms with Crippen molar-refractivity contribution < 1.29 is 24.8 Å². The topological polar surface area (TPSA) is 79.2 Å². The van der Waals surface area contributed by atoms with E-state index in [9.17, 15) is 10.2 Å². The second kappa shape index (κ2) is 9.47. The first kappa shape index (κ1) is 17.6. The average molecular weight is 288 g/mol. The highest BCUT2D eigenvalue weighted by Gasteiger charge is 2.43. The Balaban J connectivity index is 2.41. The van der Waals surface area contributed by atoms with E-state index in [0.717, 1.165) is 19.3 Å². The molecule has 0 saturated carbocycles. The fourth-order valence-electron chi connectivity index (χ4n) is 2.47. The molecule has 3 N–H and O–H groups in total. The molecule has 5 nitrogen and oxygen atoms in total. The fraction of sp³-hybridized carbons (Fsp3) is 0.867. The van der Waals surface area contributed by atoms with Gasteiger partial charge in [-0.15, -0.1) is 0 Å². The number of rotatable bonds is 8. The number of unbranched alkanes of at least 4 members (excludes halogenated alkanes) is 2. The Morgan fingerprint density at radius 2 is 1.95 bits per heavy atom. The van der Waals surface area contributed by atoms with Gasteiger partial charge in [0.25, 0.3) is 0 Å². The lowest BCUT2D eigenvalue weighted by Crippen LogP contribution is -2.56. The van der Waals surface area contributed by atoms with Gasteiger partial charge >= 0.3 is 0 Å². The van der Waals surface area contributed by atoms with Gasteiger partial charge in [0.05, 0.1) is 12.7 Å². The molecule has 5 atom stereocenters. The van der Waals surface area contributed by atoms with Gasteiger partial charge in [-0.1, -0.05) is 19.1 Å². The van der Waals surface area contributed by atoms with Crippen LogP contribution in [0.25, 0.3) is 0 Å². The van der Waals surface area contributed by atoms with Gasteiger partial charge in [-0.3, -0.25) is 0 Å². The van der Waals surface area contributed by atoms with Crippen LogP contribution in [0.1, 0.15) is 39.5 Å². The van der Waals surface area contributed by atoms with Crippen LogP contribution >= 0.6 is 0 Å². The third kappa shape index (κ3) is 4.82. The lowest BCUT2D eigenvalue weighted by Gasteiger charge is -2.41. The Kier molecular flexibility index (Phi) is 8.33. The zero-order chi connectivity index (χ0) is 15.0. The van der Waals surface area contributed by atoms with Crippen LogP contribution in [0.2, 0.25) is 0 Å². The maximum absolute atomic E-state index is 10.1. The Morgan fingerprint density at radius 1 is 1.20 bits per heavy atom. The Bertz CT molecular complexity index is 281. The summed E-state index contributed by atoms with van der Waals surface area (Å²) in [7, 11) is 0. The predicted molar refractivity (Wildman–Crippen MR) is 76.2 cm³/mol. The average Bonchev–Trinajstić information content (AvgIpc) is 2.46. The van der Waals surface area contributed by atoms with Crippen LogP contribution in [0.4, 0.5) is 0 Å². The molecule has 0 aliphatic carbocycles. The standard InChI is InChI=1S/C15H28O5/c1-3-5-6-7-8-9-19-15-11(4-2)13(17)14(18)12(10-16)20-15/h3,5,11-18H,4,6-10H2,1-2H3/b5-3-. The van der Waals surface area contributed by atoms with Gasteiger partial charge in [-0.25, -0.2) is 0 Å². The van der Waals surface area contributed by atoms with Crippen molar-refractivity contribution in [2.24, 2.45) is 5.92 Å². The van der Waals surface area contributed by atoms with Crippen LogP contribution < -0.4 is 0 Å². The first-order chi connectivity index (χ1) is 9.65. The van der Waals surface area contributed by atoms with E-state index in [1.54, 1.807) is 0 Å². The molecule has 118 valence electrons. The first-order valence-corrected chi connectivity index (χ1v) is 7.50. The molecule has 1 fully saturated rings. The van der Waals surface area contributed by atoms with Crippen LogP contribution in [-0.4, -0.2) is 53.1 Å². The summed E-state index contributed by atoms with van der Waals surface area (Å²) in [5.74, 6) is -0.261. The molecule has 1 rings (SSSR count). The fourth-order valence-corrected chi connectivity index (χ4v) is 2.47. The Morgan fingerprint density at radius 3 is 2.55 bits per heavy atom. The molecule has 1 aliphatic rings.